The SMILES string of the molecule is CC(C)(C)c1ccccc1.CC(C)c1ccc(C(C)C)n1-c1cccc(-n2c(C(C)C)ccc2C(C)C)c1O.NC12CC3CC(CC(C3)C1)C2.[Mo].c1cc[nH]c1. The zero-order valence-electron chi connectivity index (χ0n) is 36.3. The Hall–Kier alpha value is -3.27. The van der Waals surface area contributed by atoms with E-state index in [1.165, 1.54) is 66.9 Å². The number of nitrogens with two attached hydrogens (primary N) is 1. The molecule has 304 valence electrons. The third kappa shape index (κ3) is 11.0. The van der Waals surface area contributed by atoms with E-state index in [1.54, 1.807) is 0 Å². The minimum atomic E-state index is 0. The topological polar surface area (TPSA) is 71.9 Å². The average Bonchev–Trinajstić information content (AvgIpc) is 3.90. The molecule has 0 aliphatic heterocycles. The summed E-state index contributed by atoms with van der Waals surface area (Å²) in [5.41, 5.74) is 14.9. The summed E-state index contributed by atoms with van der Waals surface area (Å²) in [5.74, 6) is 4.88. The van der Waals surface area contributed by atoms with Crippen molar-refractivity contribution in [3.63, 3.8) is 0 Å². The van der Waals surface area contributed by atoms with Gasteiger partial charge in [-0.3, -0.25) is 0 Å². The summed E-state index contributed by atoms with van der Waals surface area (Å²) in [5, 5.41) is 11.5. The molecule has 4 aliphatic rings. The number of benzene rings is 2. The molecule has 4 fully saturated rings. The number of phenols is 1. The predicted octanol–water partition coefficient (Wildman–Crippen LogP) is 13.4. The molecule has 56 heavy (non-hydrogen) atoms. The fourth-order valence-electron chi connectivity index (χ4n) is 9.57. The van der Waals surface area contributed by atoms with E-state index in [4.69, 9.17) is 5.73 Å². The van der Waals surface area contributed by atoms with Crippen LogP contribution in [-0.4, -0.2) is 24.8 Å². The number of para-hydroxylation sites is 1. The summed E-state index contributed by atoms with van der Waals surface area (Å²) in [7, 11) is 0. The molecule has 4 N–H and O–H groups in total. The molecule has 3 heterocycles. The quantitative estimate of drug-likeness (QED) is 0.149. The van der Waals surface area contributed by atoms with Crippen LogP contribution in [-0.2, 0) is 26.5 Å². The van der Waals surface area contributed by atoms with Crippen LogP contribution in [0.1, 0.15) is 167 Å². The van der Waals surface area contributed by atoms with E-state index in [9.17, 15) is 5.11 Å². The summed E-state index contributed by atoms with van der Waals surface area (Å²) in [6.45, 7) is 24.3. The number of aromatic amines is 1. The number of nitrogens with zero attached hydrogens (tertiary/aromatic N) is 2. The van der Waals surface area contributed by atoms with Crippen molar-refractivity contribution in [1.29, 1.82) is 0 Å². The Balaban J connectivity index is 0.000000207. The van der Waals surface area contributed by atoms with Gasteiger partial charge in [0.15, 0.2) is 5.75 Å². The van der Waals surface area contributed by atoms with Crippen LogP contribution in [0.3, 0.4) is 0 Å². The van der Waals surface area contributed by atoms with Crippen molar-refractivity contribution >= 4 is 0 Å². The number of aromatic nitrogens is 3. The second kappa shape index (κ2) is 19.5. The number of aromatic hydroxyl groups is 1. The number of hydrogen-bond donors (Lipinski definition) is 3. The number of nitrogens with one attached hydrogen (secondary N) is 1. The van der Waals surface area contributed by atoms with Gasteiger partial charge in [-0.15, -0.1) is 0 Å². The maximum atomic E-state index is 11.5. The minimum Gasteiger partial charge on any atom is -0.504 e. The first kappa shape index (κ1) is 45.4. The van der Waals surface area contributed by atoms with Crippen molar-refractivity contribution in [3.05, 3.63) is 126 Å². The van der Waals surface area contributed by atoms with Crippen LogP contribution in [0.25, 0.3) is 11.4 Å². The van der Waals surface area contributed by atoms with E-state index in [-0.39, 0.29) is 21.1 Å². The number of hydrogen-bond acceptors (Lipinski definition) is 2. The third-order valence-corrected chi connectivity index (χ3v) is 11.9. The monoisotopic (exact) mass is 842 g/mol. The minimum absolute atomic E-state index is 0. The maximum absolute atomic E-state index is 11.5. The number of phenolic OH excluding ortho intramolecular Hbond substituents is 1. The zero-order valence-corrected chi connectivity index (χ0v) is 38.4. The van der Waals surface area contributed by atoms with Crippen LogP contribution in [0.4, 0.5) is 0 Å². The van der Waals surface area contributed by atoms with Crippen LogP contribution in [0.5, 0.6) is 5.75 Å². The third-order valence-electron chi connectivity index (χ3n) is 11.9. The van der Waals surface area contributed by atoms with Gasteiger partial charge >= 0.3 is 0 Å². The molecule has 5 nitrogen and oxygen atoms in total. The Morgan fingerprint density at radius 1 is 0.571 bits per heavy atom. The van der Waals surface area contributed by atoms with Crippen LogP contribution < -0.4 is 5.73 Å². The summed E-state index contributed by atoms with van der Waals surface area (Å²) < 4.78 is 4.50. The second-order valence-corrected chi connectivity index (χ2v) is 19.1. The molecule has 5 aromatic rings. The van der Waals surface area contributed by atoms with Gasteiger partial charge in [0, 0.05) is 61.8 Å². The van der Waals surface area contributed by atoms with Gasteiger partial charge in [-0.1, -0.05) is 113 Å². The fraction of sp³-hybridized carbons (Fsp3) is 0.520. The molecular weight excluding hydrogens is 769 g/mol. The standard InChI is InChI=1S/C26H36N2O.C10H17N.C10H14.C4H5N.Mo/c1-16(2)20-12-13-21(17(3)4)27(20)24-10-9-11-25(26(24)29)28-22(18(5)6)14-15-23(28)19(7)8;11-10-4-7-1-8(5-10)3-9(2-7)6-10;1-10(2,3)9-7-5-4-6-8-9;1-2-4-5-3-1;/h9-19,29H,1-8H3;7-9H,1-6,11H2;4-8H,1-3H3;1-5H;. The van der Waals surface area contributed by atoms with Crippen molar-refractivity contribution in [2.75, 3.05) is 0 Å². The Bertz CT molecular complexity index is 1730. The molecule has 4 aliphatic carbocycles. The Morgan fingerprint density at radius 3 is 1.18 bits per heavy atom. The fourth-order valence-corrected chi connectivity index (χ4v) is 9.57. The molecule has 3 aromatic heterocycles. The Labute approximate surface area is 354 Å². The summed E-state index contributed by atoms with van der Waals surface area (Å²) in [6.07, 6.45) is 12.3. The predicted molar refractivity (Wildman–Crippen MR) is 234 cm³/mol. The Morgan fingerprint density at radius 2 is 0.929 bits per heavy atom. The van der Waals surface area contributed by atoms with Crippen molar-refractivity contribution in [1.82, 2.24) is 14.1 Å². The van der Waals surface area contributed by atoms with Crippen LogP contribution >= 0.6 is 0 Å². The van der Waals surface area contributed by atoms with Crippen LogP contribution in [0.2, 0.25) is 0 Å². The molecule has 6 heteroatoms. The molecule has 4 saturated carbocycles. The van der Waals surface area contributed by atoms with Gasteiger partial charge in [-0.05, 0) is 139 Å². The first-order valence-corrected chi connectivity index (χ1v) is 21.2. The van der Waals surface area contributed by atoms with E-state index < -0.39 is 0 Å². The van der Waals surface area contributed by atoms with Gasteiger partial charge < -0.3 is 25.0 Å². The van der Waals surface area contributed by atoms with E-state index in [0.717, 1.165) is 29.1 Å². The summed E-state index contributed by atoms with van der Waals surface area (Å²) in [6, 6.07) is 29.3. The molecule has 4 bridgehead atoms. The number of rotatable bonds is 6. The van der Waals surface area contributed by atoms with Gasteiger partial charge in [0.1, 0.15) is 0 Å². The molecular formula is C50H72MoN4O. The molecule has 2 aromatic carbocycles. The molecule has 0 amide bonds. The zero-order chi connectivity index (χ0) is 40.1. The summed E-state index contributed by atoms with van der Waals surface area (Å²) in [4.78, 5) is 2.86. The molecule has 0 spiro atoms. The van der Waals surface area contributed by atoms with E-state index in [2.05, 4.69) is 151 Å². The van der Waals surface area contributed by atoms with Gasteiger partial charge in [0.25, 0.3) is 0 Å². The van der Waals surface area contributed by atoms with Crippen molar-refractivity contribution in [2.45, 2.75) is 149 Å². The van der Waals surface area contributed by atoms with Crippen molar-refractivity contribution in [2.24, 2.45) is 23.5 Å². The molecule has 0 radical (unpaired) electrons. The molecule has 0 saturated heterocycles. The smallest absolute Gasteiger partial charge is 0.163 e. The van der Waals surface area contributed by atoms with E-state index in [1.807, 2.05) is 36.7 Å². The van der Waals surface area contributed by atoms with Gasteiger partial charge in [0.2, 0.25) is 0 Å². The Kier molecular flexibility index (Phi) is 15.8. The normalized spacial score (nSPS) is 20.9. The first-order valence-electron chi connectivity index (χ1n) is 21.2. The molecule has 0 atom stereocenters. The summed E-state index contributed by atoms with van der Waals surface area (Å²) >= 11 is 0. The van der Waals surface area contributed by atoms with Crippen LogP contribution in [0, 0.1) is 17.8 Å². The van der Waals surface area contributed by atoms with E-state index in [0.29, 0.717) is 40.4 Å². The van der Waals surface area contributed by atoms with Crippen molar-refractivity contribution < 1.29 is 26.2 Å². The van der Waals surface area contributed by atoms with Crippen LogP contribution in [0.15, 0.2) is 97.3 Å². The van der Waals surface area contributed by atoms with Gasteiger partial charge in [-0.2, -0.15) is 0 Å². The van der Waals surface area contributed by atoms with E-state index >= 15 is 0 Å². The maximum Gasteiger partial charge on any atom is 0.163 e. The number of H-pyrrole nitrogens is 1. The largest absolute Gasteiger partial charge is 0.504 e. The second-order valence-electron chi connectivity index (χ2n) is 19.1. The molecule has 9 rings (SSSR count). The molecule has 0 unspecified atom stereocenters. The first-order chi connectivity index (χ1) is 26.0. The van der Waals surface area contributed by atoms with Gasteiger partial charge in [-0.25, -0.2) is 0 Å². The van der Waals surface area contributed by atoms with Gasteiger partial charge in [0.05, 0.1) is 11.4 Å². The average molecular weight is 841 g/mol. The van der Waals surface area contributed by atoms with Crippen molar-refractivity contribution in [3.8, 4) is 17.1 Å².